The number of carbonyl (C=O) groups is 1. The Kier molecular flexibility index (Phi) is 8.42. The number of nitrogens with one attached hydrogen (secondary N) is 1. The summed E-state index contributed by atoms with van der Waals surface area (Å²) in [5, 5.41) is 13.4. The lowest BCUT2D eigenvalue weighted by Gasteiger charge is -2.43. The molecule has 4 rings (SSSR count). The fraction of sp³-hybridized carbons (Fsp3) is 0.500. The number of carboxylic acid groups (broad SMARTS) is 1. The van der Waals surface area contributed by atoms with Crippen molar-refractivity contribution < 1.29 is 19.4 Å². The lowest BCUT2D eigenvalue weighted by molar-refractivity contribution is -0.150. The molecular weight excluding hydrogens is 442 g/mol. The molecule has 0 spiro atoms. The van der Waals surface area contributed by atoms with Crippen LogP contribution in [0.5, 0.6) is 5.75 Å². The van der Waals surface area contributed by atoms with Crippen molar-refractivity contribution in [2.24, 2.45) is 0 Å². The molecule has 0 amide bonds. The Morgan fingerprint density at radius 3 is 2.83 bits per heavy atom. The number of hydrogen-bond acceptors (Lipinski definition) is 6. The normalized spacial score (nSPS) is 16.6. The van der Waals surface area contributed by atoms with Gasteiger partial charge in [-0.2, -0.15) is 0 Å². The number of benzene rings is 1. The van der Waals surface area contributed by atoms with Gasteiger partial charge in [0.2, 0.25) is 0 Å². The molecule has 0 aliphatic carbocycles. The van der Waals surface area contributed by atoms with Gasteiger partial charge in [0, 0.05) is 37.5 Å². The van der Waals surface area contributed by atoms with E-state index in [9.17, 15) is 9.90 Å². The van der Waals surface area contributed by atoms with Crippen LogP contribution in [0.15, 0.2) is 36.9 Å². The van der Waals surface area contributed by atoms with Crippen LogP contribution in [0.1, 0.15) is 61.0 Å². The molecule has 35 heavy (non-hydrogen) atoms. The second-order valence-electron chi connectivity index (χ2n) is 9.54. The van der Waals surface area contributed by atoms with Crippen LogP contribution in [-0.2, 0) is 22.4 Å². The van der Waals surface area contributed by atoms with Crippen molar-refractivity contribution >= 4 is 17.4 Å². The average Bonchev–Trinajstić information content (AvgIpc) is 2.83. The molecule has 2 aliphatic rings. The molecule has 1 unspecified atom stereocenters. The van der Waals surface area contributed by atoms with Crippen LogP contribution in [0, 0.1) is 0 Å². The molecule has 0 saturated carbocycles. The summed E-state index contributed by atoms with van der Waals surface area (Å²) in [4.78, 5) is 18.9. The molecule has 1 aromatic heterocycles. The largest absolute Gasteiger partial charge is 0.496 e. The number of ether oxygens (including phenoxy) is 2. The maximum absolute atomic E-state index is 12.2. The highest BCUT2D eigenvalue weighted by Gasteiger charge is 2.39. The summed E-state index contributed by atoms with van der Waals surface area (Å²) in [6.45, 7) is 8.84. The van der Waals surface area contributed by atoms with Crippen LogP contribution in [0.4, 0.5) is 5.82 Å². The molecule has 2 aromatic rings. The topological polar surface area (TPSA) is 83.9 Å². The fourth-order valence-electron chi connectivity index (χ4n) is 5.02. The van der Waals surface area contributed by atoms with E-state index < -0.39 is 12.0 Å². The van der Waals surface area contributed by atoms with Gasteiger partial charge >= 0.3 is 5.97 Å². The number of carboxylic acids is 1. The number of aryl methyl sites for hydroxylation is 2. The zero-order chi connectivity index (χ0) is 24.8. The first-order valence-corrected chi connectivity index (χ1v) is 12.6. The average molecular weight is 480 g/mol. The molecule has 2 N–H and O–H groups in total. The van der Waals surface area contributed by atoms with Gasteiger partial charge in [-0.1, -0.05) is 31.2 Å². The minimum Gasteiger partial charge on any atom is -0.496 e. The molecule has 1 fully saturated rings. The Balaban J connectivity index is 1.20. The van der Waals surface area contributed by atoms with E-state index in [-0.39, 0.29) is 6.10 Å². The molecule has 1 aromatic carbocycles. The Morgan fingerprint density at radius 1 is 1.26 bits per heavy atom. The summed E-state index contributed by atoms with van der Waals surface area (Å²) >= 11 is 0. The maximum Gasteiger partial charge on any atom is 0.325 e. The lowest BCUT2D eigenvalue weighted by Crippen LogP contribution is -2.55. The van der Waals surface area contributed by atoms with Crippen LogP contribution in [0.25, 0.3) is 5.57 Å². The second-order valence-corrected chi connectivity index (χ2v) is 9.54. The van der Waals surface area contributed by atoms with Crippen LogP contribution >= 0.6 is 0 Å². The number of aromatic nitrogens is 1. The van der Waals surface area contributed by atoms with Crippen molar-refractivity contribution in [1.29, 1.82) is 0 Å². The molecule has 7 heteroatoms. The van der Waals surface area contributed by atoms with Crippen molar-refractivity contribution in [3.8, 4) is 5.75 Å². The fourth-order valence-corrected chi connectivity index (χ4v) is 5.02. The number of aliphatic carboxylic acids is 1. The Morgan fingerprint density at radius 2 is 2.09 bits per heavy atom. The second kappa shape index (κ2) is 11.7. The first kappa shape index (κ1) is 25.2. The number of likely N-dealkylation sites (tertiary alicyclic amines) is 1. The van der Waals surface area contributed by atoms with Gasteiger partial charge in [0.1, 0.15) is 17.6 Å². The molecule has 188 valence electrons. The quantitative estimate of drug-likeness (QED) is 0.426. The number of fused-ring (bicyclic) bond motifs is 1. The zero-order valence-electron chi connectivity index (χ0n) is 20.9. The number of nitrogens with zero attached hydrogens (tertiary/aromatic N) is 2. The van der Waals surface area contributed by atoms with E-state index in [0.29, 0.717) is 31.0 Å². The molecule has 0 radical (unpaired) electrons. The predicted molar refractivity (Wildman–Crippen MR) is 138 cm³/mol. The Bertz CT molecular complexity index is 1050. The Hall–Kier alpha value is -2.90. The van der Waals surface area contributed by atoms with Crippen molar-refractivity contribution in [3.05, 3.63) is 59.3 Å². The van der Waals surface area contributed by atoms with E-state index >= 15 is 0 Å². The number of methoxy groups -OCH3 is 1. The summed E-state index contributed by atoms with van der Waals surface area (Å²) < 4.78 is 11.5. The number of hydrogen-bond donors (Lipinski definition) is 2. The standard InChI is InChI=1S/C28H37N3O4/c1-19(2)25-23(11-7-12-24(25)34-3)26(28(32)33)31-17-22(18-31)35-16-6-4-5-10-21-14-13-20-9-8-15-29-27(20)30-21/h7,11-14,22,26H,1,4-6,8-10,15-18H2,2-3H3,(H,29,30)(H,32,33). The van der Waals surface area contributed by atoms with E-state index in [0.717, 1.165) is 61.3 Å². The first-order chi connectivity index (χ1) is 17.0. The van der Waals surface area contributed by atoms with Gasteiger partial charge < -0.3 is 19.9 Å². The highest BCUT2D eigenvalue weighted by molar-refractivity contribution is 5.81. The van der Waals surface area contributed by atoms with Crippen LogP contribution < -0.4 is 10.1 Å². The van der Waals surface area contributed by atoms with Gasteiger partial charge in [0.15, 0.2) is 0 Å². The highest BCUT2D eigenvalue weighted by atomic mass is 16.5. The summed E-state index contributed by atoms with van der Waals surface area (Å²) in [6.07, 6.45) is 6.53. The lowest BCUT2D eigenvalue weighted by atomic mass is 9.92. The van der Waals surface area contributed by atoms with Gasteiger partial charge in [-0.05, 0) is 67.9 Å². The molecule has 0 bridgehead atoms. The number of rotatable bonds is 12. The Labute approximate surface area is 208 Å². The van der Waals surface area contributed by atoms with E-state index in [1.54, 1.807) is 7.11 Å². The number of pyridine rings is 1. The molecule has 3 heterocycles. The van der Waals surface area contributed by atoms with Crippen LogP contribution in [-0.4, -0.2) is 60.4 Å². The minimum absolute atomic E-state index is 0.0733. The van der Waals surface area contributed by atoms with Gasteiger partial charge in [-0.3, -0.25) is 9.69 Å². The smallest absolute Gasteiger partial charge is 0.325 e. The summed E-state index contributed by atoms with van der Waals surface area (Å²) in [7, 11) is 1.59. The van der Waals surface area contributed by atoms with Gasteiger partial charge in [-0.15, -0.1) is 0 Å². The van der Waals surface area contributed by atoms with Crippen molar-refractivity contribution in [2.75, 3.05) is 38.7 Å². The van der Waals surface area contributed by atoms with Gasteiger partial charge in [-0.25, -0.2) is 4.98 Å². The van der Waals surface area contributed by atoms with Crippen molar-refractivity contribution in [2.45, 2.75) is 57.6 Å². The minimum atomic E-state index is -0.870. The third-order valence-electron chi connectivity index (χ3n) is 6.86. The van der Waals surface area contributed by atoms with Gasteiger partial charge in [0.05, 0.1) is 13.2 Å². The summed E-state index contributed by atoms with van der Waals surface area (Å²) in [5.41, 5.74) is 4.76. The third kappa shape index (κ3) is 6.03. The highest BCUT2D eigenvalue weighted by Crippen LogP contribution is 2.36. The molecule has 2 aliphatic heterocycles. The van der Waals surface area contributed by atoms with E-state index in [2.05, 4.69) is 24.0 Å². The third-order valence-corrected chi connectivity index (χ3v) is 6.86. The first-order valence-electron chi connectivity index (χ1n) is 12.6. The summed E-state index contributed by atoms with van der Waals surface area (Å²) in [6, 6.07) is 9.16. The van der Waals surface area contributed by atoms with Crippen molar-refractivity contribution in [3.63, 3.8) is 0 Å². The number of anilines is 1. The van der Waals surface area contributed by atoms with E-state index in [4.69, 9.17) is 14.5 Å². The van der Waals surface area contributed by atoms with E-state index in [1.807, 2.05) is 30.0 Å². The van der Waals surface area contributed by atoms with Gasteiger partial charge in [0.25, 0.3) is 0 Å². The zero-order valence-corrected chi connectivity index (χ0v) is 20.9. The van der Waals surface area contributed by atoms with Crippen molar-refractivity contribution in [1.82, 2.24) is 9.88 Å². The van der Waals surface area contributed by atoms with Crippen LogP contribution in [0.3, 0.4) is 0 Å². The molecule has 1 atom stereocenters. The monoisotopic (exact) mass is 479 g/mol. The summed E-state index contributed by atoms with van der Waals surface area (Å²) in [5.74, 6) is 0.845. The van der Waals surface area contributed by atoms with Crippen LogP contribution in [0.2, 0.25) is 0 Å². The number of allylic oxidation sites excluding steroid dienone is 1. The number of unbranched alkanes of at least 4 members (excludes halogenated alkanes) is 2. The molecule has 7 nitrogen and oxygen atoms in total. The molecule has 1 saturated heterocycles. The van der Waals surface area contributed by atoms with E-state index in [1.165, 1.54) is 12.0 Å². The SMILES string of the molecule is C=C(C)c1c(OC)cccc1C(C(=O)O)N1CC(OCCCCCc2ccc3c(n2)NCCC3)C1. The predicted octanol–water partition coefficient (Wildman–Crippen LogP) is 4.72. The maximum atomic E-state index is 12.2. The molecular formula is C28H37N3O4.